The smallest absolute Gasteiger partial charge is 0.0553 e. The van der Waals surface area contributed by atoms with Crippen molar-refractivity contribution < 1.29 is 4.74 Å². The van der Waals surface area contributed by atoms with Gasteiger partial charge in [-0.1, -0.05) is 13.8 Å². The maximum Gasteiger partial charge on any atom is 0.0553 e. The summed E-state index contributed by atoms with van der Waals surface area (Å²) < 4.78 is 5.11. The molecule has 0 spiro atoms. The highest BCUT2D eigenvalue weighted by Gasteiger charge is 2.34. The van der Waals surface area contributed by atoms with E-state index in [0.717, 1.165) is 17.6 Å². The molecule has 1 N–H and O–H groups in total. The van der Waals surface area contributed by atoms with Gasteiger partial charge in [-0.25, -0.2) is 0 Å². The van der Waals surface area contributed by atoms with Gasteiger partial charge in [-0.3, -0.25) is 0 Å². The summed E-state index contributed by atoms with van der Waals surface area (Å²) >= 11 is 2.07. The molecule has 2 unspecified atom stereocenters. The van der Waals surface area contributed by atoms with Crippen LogP contribution in [0, 0.1) is 5.41 Å². The fraction of sp³-hybridized carbons (Fsp3) is 1.00. The van der Waals surface area contributed by atoms with E-state index in [-0.39, 0.29) is 0 Å². The van der Waals surface area contributed by atoms with E-state index in [1.807, 2.05) is 0 Å². The van der Waals surface area contributed by atoms with Crippen LogP contribution in [0.15, 0.2) is 0 Å². The number of thioether (sulfide) groups is 1. The van der Waals surface area contributed by atoms with Crippen molar-refractivity contribution in [2.24, 2.45) is 5.41 Å². The molecule has 0 aromatic rings. The monoisotopic (exact) mass is 231 g/mol. The van der Waals surface area contributed by atoms with Gasteiger partial charge < -0.3 is 10.1 Å². The standard InChI is InChI=1S/C12H25NOS/c1-12(2)6-5-10(13-3)11(9-12)15-8-7-14-4/h10-11,13H,5-9H2,1-4H3. The van der Waals surface area contributed by atoms with Gasteiger partial charge >= 0.3 is 0 Å². The van der Waals surface area contributed by atoms with Gasteiger partial charge in [0.2, 0.25) is 0 Å². The van der Waals surface area contributed by atoms with Crippen molar-refractivity contribution in [3.63, 3.8) is 0 Å². The van der Waals surface area contributed by atoms with Crippen molar-refractivity contribution in [2.75, 3.05) is 26.5 Å². The second-order valence-electron chi connectivity index (χ2n) is 5.20. The van der Waals surface area contributed by atoms with Crippen LogP contribution in [0.4, 0.5) is 0 Å². The van der Waals surface area contributed by atoms with E-state index in [2.05, 4.69) is 38.0 Å². The SMILES string of the molecule is CNC1CCC(C)(C)CC1SCCOC. The van der Waals surface area contributed by atoms with E-state index in [4.69, 9.17) is 4.74 Å². The van der Waals surface area contributed by atoms with Crippen LogP contribution < -0.4 is 5.32 Å². The highest BCUT2D eigenvalue weighted by atomic mass is 32.2. The maximum atomic E-state index is 5.11. The zero-order chi connectivity index (χ0) is 11.3. The first-order valence-corrected chi connectivity index (χ1v) is 6.92. The summed E-state index contributed by atoms with van der Waals surface area (Å²) in [6.07, 6.45) is 3.99. The van der Waals surface area contributed by atoms with Gasteiger partial charge in [-0.05, 0) is 31.7 Å². The molecule has 1 aliphatic carbocycles. The van der Waals surface area contributed by atoms with E-state index in [1.54, 1.807) is 7.11 Å². The van der Waals surface area contributed by atoms with Gasteiger partial charge in [0.1, 0.15) is 0 Å². The lowest BCUT2D eigenvalue weighted by Crippen LogP contribution is -2.43. The summed E-state index contributed by atoms with van der Waals surface area (Å²) in [5.74, 6) is 1.12. The van der Waals surface area contributed by atoms with Crippen molar-refractivity contribution in [1.29, 1.82) is 0 Å². The van der Waals surface area contributed by atoms with E-state index in [0.29, 0.717) is 11.5 Å². The predicted octanol–water partition coefficient (Wildman–Crippen LogP) is 2.53. The quantitative estimate of drug-likeness (QED) is 0.735. The van der Waals surface area contributed by atoms with Crippen LogP contribution in [0.5, 0.6) is 0 Å². The second-order valence-corrected chi connectivity index (χ2v) is 6.55. The van der Waals surface area contributed by atoms with Crippen LogP contribution >= 0.6 is 11.8 Å². The van der Waals surface area contributed by atoms with Gasteiger partial charge in [0, 0.05) is 24.2 Å². The van der Waals surface area contributed by atoms with Crippen LogP contribution in [0.3, 0.4) is 0 Å². The van der Waals surface area contributed by atoms with Crippen molar-refractivity contribution >= 4 is 11.8 Å². The average Bonchev–Trinajstić information content (AvgIpc) is 2.17. The Bertz CT molecular complexity index is 184. The molecule has 0 heterocycles. The van der Waals surface area contributed by atoms with E-state index < -0.39 is 0 Å². The lowest BCUT2D eigenvalue weighted by atomic mass is 9.75. The van der Waals surface area contributed by atoms with Crippen molar-refractivity contribution in [1.82, 2.24) is 5.32 Å². The fourth-order valence-corrected chi connectivity index (χ4v) is 3.95. The molecule has 0 aromatic carbocycles. The zero-order valence-corrected chi connectivity index (χ0v) is 11.3. The molecule has 1 saturated carbocycles. The zero-order valence-electron chi connectivity index (χ0n) is 10.5. The molecule has 1 fully saturated rings. The molecule has 90 valence electrons. The first kappa shape index (κ1) is 13.3. The molecule has 2 nitrogen and oxygen atoms in total. The van der Waals surface area contributed by atoms with Crippen LogP contribution in [0.25, 0.3) is 0 Å². The van der Waals surface area contributed by atoms with Gasteiger partial charge in [0.15, 0.2) is 0 Å². The molecule has 0 amide bonds. The molecular formula is C12H25NOS. The first-order chi connectivity index (χ1) is 7.09. The van der Waals surface area contributed by atoms with Crippen LogP contribution in [0.2, 0.25) is 0 Å². The molecule has 0 aromatic heterocycles. The molecule has 3 heteroatoms. The molecule has 0 radical (unpaired) electrons. The lowest BCUT2D eigenvalue weighted by Gasteiger charge is -2.40. The summed E-state index contributed by atoms with van der Waals surface area (Å²) in [5.41, 5.74) is 0.526. The molecular weight excluding hydrogens is 206 g/mol. The third-order valence-corrected chi connectivity index (χ3v) is 4.65. The fourth-order valence-electron chi connectivity index (χ4n) is 2.31. The Morgan fingerprint density at radius 3 is 2.80 bits per heavy atom. The van der Waals surface area contributed by atoms with Gasteiger partial charge in [-0.15, -0.1) is 0 Å². The van der Waals surface area contributed by atoms with E-state index in [1.165, 1.54) is 19.3 Å². The Labute approximate surface area is 98.5 Å². The number of hydrogen-bond acceptors (Lipinski definition) is 3. The number of rotatable bonds is 5. The van der Waals surface area contributed by atoms with Crippen molar-refractivity contribution in [2.45, 2.75) is 44.4 Å². The van der Waals surface area contributed by atoms with Crippen LogP contribution in [-0.4, -0.2) is 37.8 Å². The topological polar surface area (TPSA) is 21.3 Å². The highest BCUT2D eigenvalue weighted by molar-refractivity contribution is 8.00. The number of hydrogen-bond donors (Lipinski definition) is 1. The molecule has 2 atom stereocenters. The molecule has 1 rings (SSSR count). The van der Waals surface area contributed by atoms with Crippen LogP contribution in [-0.2, 0) is 4.74 Å². The Balaban J connectivity index is 2.41. The minimum atomic E-state index is 0.526. The molecule has 0 saturated heterocycles. The summed E-state index contributed by atoms with van der Waals surface area (Å²) in [6, 6.07) is 0.694. The lowest BCUT2D eigenvalue weighted by molar-refractivity contribution is 0.212. The van der Waals surface area contributed by atoms with Gasteiger partial charge in [-0.2, -0.15) is 11.8 Å². The van der Waals surface area contributed by atoms with Crippen molar-refractivity contribution in [3.8, 4) is 0 Å². The normalized spacial score (nSPS) is 30.4. The molecule has 1 aliphatic rings. The summed E-state index contributed by atoms with van der Waals surface area (Å²) in [5, 5.41) is 4.22. The number of ether oxygens (including phenoxy) is 1. The largest absolute Gasteiger partial charge is 0.384 e. The Kier molecular flexibility index (Phi) is 5.44. The minimum absolute atomic E-state index is 0.526. The van der Waals surface area contributed by atoms with Gasteiger partial charge in [0.05, 0.1) is 6.61 Å². The van der Waals surface area contributed by atoms with Gasteiger partial charge in [0.25, 0.3) is 0 Å². The Morgan fingerprint density at radius 1 is 1.47 bits per heavy atom. The third kappa shape index (κ3) is 4.33. The number of methoxy groups -OCH3 is 1. The van der Waals surface area contributed by atoms with E-state index >= 15 is 0 Å². The minimum Gasteiger partial charge on any atom is -0.384 e. The molecule has 0 aliphatic heterocycles. The van der Waals surface area contributed by atoms with E-state index in [9.17, 15) is 0 Å². The first-order valence-electron chi connectivity index (χ1n) is 5.87. The second kappa shape index (κ2) is 6.12. The summed E-state index contributed by atoms with van der Waals surface area (Å²) in [6.45, 7) is 5.66. The maximum absolute atomic E-state index is 5.11. The molecule has 0 bridgehead atoms. The van der Waals surface area contributed by atoms with Crippen LogP contribution in [0.1, 0.15) is 33.1 Å². The highest BCUT2D eigenvalue weighted by Crippen LogP contribution is 2.40. The Hall–Kier alpha value is 0.270. The predicted molar refractivity (Wildman–Crippen MR) is 68.6 cm³/mol. The average molecular weight is 231 g/mol. The number of nitrogens with one attached hydrogen (secondary N) is 1. The summed E-state index contributed by atoms with van der Waals surface area (Å²) in [7, 11) is 3.87. The summed E-state index contributed by atoms with van der Waals surface area (Å²) in [4.78, 5) is 0. The molecule has 15 heavy (non-hydrogen) atoms. The Morgan fingerprint density at radius 2 is 2.20 bits per heavy atom. The van der Waals surface area contributed by atoms with Crippen molar-refractivity contribution in [3.05, 3.63) is 0 Å². The third-order valence-electron chi connectivity index (χ3n) is 3.32.